The lowest BCUT2D eigenvalue weighted by Crippen LogP contribution is -2.42. The molecule has 176 valence electrons. The van der Waals surface area contributed by atoms with Crippen molar-refractivity contribution in [3.8, 4) is 23.1 Å². The highest BCUT2D eigenvalue weighted by molar-refractivity contribution is 5.74. The molecule has 3 heterocycles. The number of methoxy groups -OCH3 is 1. The van der Waals surface area contributed by atoms with Gasteiger partial charge in [0.15, 0.2) is 0 Å². The highest BCUT2D eigenvalue weighted by Gasteiger charge is 2.33. The Morgan fingerprint density at radius 2 is 1.88 bits per heavy atom. The van der Waals surface area contributed by atoms with Crippen molar-refractivity contribution >= 4 is 5.57 Å². The van der Waals surface area contributed by atoms with Crippen molar-refractivity contribution in [2.24, 2.45) is 0 Å². The fourth-order valence-corrected chi connectivity index (χ4v) is 4.92. The number of allylic oxidation sites excluding steroid dienone is 1. The third-order valence-electron chi connectivity index (χ3n) is 6.92. The minimum atomic E-state index is -0.827. The second-order valence-electron chi connectivity index (χ2n) is 9.01. The van der Waals surface area contributed by atoms with Crippen molar-refractivity contribution in [2.45, 2.75) is 31.3 Å². The number of fused-ring (bicyclic) bond motifs is 2. The molecule has 2 N–H and O–H groups in total. The summed E-state index contributed by atoms with van der Waals surface area (Å²) in [6.45, 7) is 2.58. The molecular weight excluding hydrogens is 428 g/mol. The van der Waals surface area contributed by atoms with Crippen LogP contribution in [0, 0.1) is 0 Å². The monoisotopic (exact) mass is 458 g/mol. The summed E-state index contributed by atoms with van der Waals surface area (Å²) in [6.07, 6.45) is 7.01. The van der Waals surface area contributed by atoms with Crippen molar-refractivity contribution in [1.29, 1.82) is 0 Å². The number of benzene rings is 2. The predicted molar refractivity (Wildman–Crippen MR) is 131 cm³/mol. The number of likely N-dealkylation sites (tertiary alicyclic amines) is 1. The molecule has 2 aliphatic rings. The first-order valence-electron chi connectivity index (χ1n) is 11.8. The van der Waals surface area contributed by atoms with Crippen LogP contribution in [0.4, 0.5) is 0 Å². The number of aromatic hydroxyl groups is 1. The number of ether oxygens (including phenoxy) is 2. The van der Waals surface area contributed by atoms with E-state index in [4.69, 9.17) is 9.47 Å². The van der Waals surface area contributed by atoms with E-state index in [1.807, 2.05) is 36.4 Å². The van der Waals surface area contributed by atoms with Gasteiger partial charge in [-0.2, -0.15) is 0 Å². The first-order valence-corrected chi connectivity index (χ1v) is 11.8. The number of piperidine rings is 1. The molecule has 5 rings (SSSR count). The number of aromatic nitrogens is 1. The van der Waals surface area contributed by atoms with Gasteiger partial charge in [-0.3, -0.25) is 0 Å². The molecule has 0 amide bonds. The molecular formula is C28H30N2O4. The maximum atomic E-state index is 11.1. The molecule has 3 aromatic rings. The van der Waals surface area contributed by atoms with Gasteiger partial charge in [0.25, 0.3) is 0 Å². The van der Waals surface area contributed by atoms with Crippen molar-refractivity contribution in [3.63, 3.8) is 0 Å². The smallest absolute Gasteiger partial charge is 0.226 e. The van der Waals surface area contributed by atoms with Gasteiger partial charge >= 0.3 is 0 Å². The highest BCUT2D eigenvalue weighted by Crippen LogP contribution is 2.41. The second kappa shape index (κ2) is 9.49. The van der Waals surface area contributed by atoms with Gasteiger partial charge in [-0.25, -0.2) is 4.98 Å². The van der Waals surface area contributed by atoms with Crippen LogP contribution < -0.4 is 9.47 Å². The minimum Gasteiger partial charge on any atom is -0.508 e. The third kappa shape index (κ3) is 4.52. The number of pyridine rings is 1. The van der Waals surface area contributed by atoms with E-state index in [0.717, 1.165) is 60.7 Å². The summed E-state index contributed by atoms with van der Waals surface area (Å²) < 4.78 is 11.8. The number of hydrogen-bond acceptors (Lipinski definition) is 6. The van der Waals surface area contributed by atoms with Crippen LogP contribution in [0.25, 0.3) is 5.57 Å². The zero-order valence-corrected chi connectivity index (χ0v) is 19.4. The van der Waals surface area contributed by atoms with Gasteiger partial charge in [0, 0.05) is 43.4 Å². The average molecular weight is 459 g/mol. The van der Waals surface area contributed by atoms with Crippen molar-refractivity contribution in [1.82, 2.24) is 9.88 Å². The van der Waals surface area contributed by atoms with Gasteiger partial charge < -0.3 is 24.6 Å². The lowest BCUT2D eigenvalue weighted by Gasteiger charge is -2.38. The Balaban J connectivity index is 1.28. The first-order chi connectivity index (χ1) is 16.6. The number of nitrogens with zero attached hydrogens (tertiary/aromatic N) is 2. The molecule has 2 aromatic carbocycles. The molecule has 0 spiro atoms. The lowest BCUT2D eigenvalue weighted by atomic mass is 9.84. The van der Waals surface area contributed by atoms with E-state index in [1.165, 1.54) is 5.57 Å². The second-order valence-corrected chi connectivity index (χ2v) is 9.01. The Hall–Kier alpha value is -3.35. The van der Waals surface area contributed by atoms with Gasteiger partial charge in [-0.05, 0) is 66.8 Å². The number of hydrogen-bond donors (Lipinski definition) is 2. The highest BCUT2D eigenvalue weighted by atomic mass is 16.5. The molecule has 1 fully saturated rings. The predicted octanol–water partition coefficient (Wildman–Crippen LogP) is 4.90. The molecule has 0 radical (unpaired) electrons. The summed E-state index contributed by atoms with van der Waals surface area (Å²) in [5.74, 6) is 2.45. The Kier molecular flexibility index (Phi) is 6.26. The molecule has 6 heteroatoms. The van der Waals surface area contributed by atoms with Crippen molar-refractivity contribution < 1.29 is 19.7 Å². The van der Waals surface area contributed by atoms with E-state index in [2.05, 4.69) is 22.0 Å². The Bertz CT molecular complexity index is 1180. The Labute approximate surface area is 200 Å². The molecule has 1 aromatic heterocycles. The van der Waals surface area contributed by atoms with Crippen molar-refractivity contribution in [2.75, 3.05) is 26.7 Å². The largest absolute Gasteiger partial charge is 0.508 e. The van der Waals surface area contributed by atoms with Crippen LogP contribution in [-0.4, -0.2) is 46.8 Å². The Morgan fingerprint density at radius 3 is 2.65 bits per heavy atom. The van der Waals surface area contributed by atoms with E-state index in [-0.39, 0.29) is 5.75 Å². The summed E-state index contributed by atoms with van der Waals surface area (Å²) in [7, 11) is 1.69. The van der Waals surface area contributed by atoms with E-state index < -0.39 is 5.60 Å². The zero-order valence-electron chi connectivity index (χ0n) is 19.4. The standard InChI is InChI=1S/C28H30N2O4/c1-33-25-7-2-8-26-24(25)19-20(23-6-3-15-29-27(23)34-26)5-4-16-30-17-13-28(32,14-18-30)21-9-11-22(31)12-10-21/h2-3,5-12,15,31-32H,4,13-14,16-19H2,1H3/b20-5-. The van der Waals surface area contributed by atoms with Crippen LogP contribution in [-0.2, 0) is 12.0 Å². The van der Waals surface area contributed by atoms with Crippen LogP contribution in [0.2, 0.25) is 0 Å². The summed E-state index contributed by atoms with van der Waals surface area (Å²) >= 11 is 0. The lowest BCUT2D eigenvalue weighted by molar-refractivity contribution is -0.0254. The number of phenols is 1. The normalized spacial score (nSPS) is 18.5. The SMILES string of the molecule is COc1cccc2c1C/C(=C/CCN1CCC(O)(c3ccc(O)cc3)CC1)c1cccnc1O2. The van der Waals surface area contributed by atoms with Crippen molar-refractivity contribution in [3.05, 3.63) is 83.6 Å². The maximum absolute atomic E-state index is 11.1. The molecule has 2 aliphatic heterocycles. The molecule has 0 bridgehead atoms. The molecule has 0 saturated carbocycles. The summed E-state index contributed by atoms with van der Waals surface area (Å²) in [5, 5.41) is 20.6. The molecule has 0 aliphatic carbocycles. The van der Waals surface area contributed by atoms with Gasteiger partial charge in [0.2, 0.25) is 5.88 Å². The first kappa shape index (κ1) is 22.4. The fourth-order valence-electron chi connectivity index (χ4n) is 4.92. The number of aliphatic hydroxyl groups is 1. The topological polar surface area (TPSA) is 75.1 Å². The third-order valence-corrected chi connectivity index (χ3v) is 6.92. The average Bonchev–Trinajstić information content (AvgIpc) is 3.02. The van der Waals surface area contributed by atoms with E-state index in [9.17, 15) is 10.2 Å². The molecule has 34 heavy (non-hydrogen) atoms. The summed E-state index contributed by atoms with van der Waals surface area (Å²) in [6, 6.07) is 16.8. The van der Waals surface area contributed by atoms with Gasteiger partial charge in [-0.1, -0.05) is 24.3 Å². The molecule has 0 unspecified atom stereocenters. The number of rotatable bonds is 5. The minimum absolute atomic E-state index is 0.221. The molecule has 6 nitrogen and oxygen atoms in total. The van der Waals surface area contributed by atoms with Crippen LogP contribution in [0.3, 0.4) is 0 Å². The maximum Gasteiger partial charge on any atom is 0.226 e. The van der Waals surface area contributed by atoms with Crippen LogP contribution in [0.5, 0.6) is 23.1 Å². The van der Waals surface area contributed by atoms with Crippen LogP contribution >= 0.6 is 0 Å². The van der Waals surface area contributed by atoms with Crippen LogP contribution in [0.15, 0.2) is 66.9 Å². The quantitative estimate of drug-likeness (QED) is 0.566. The molecule has 0 atom stereocenters. The van der Waals surface area contributed by atoms with E-state index in [1.54, 1.807) is 25.4 Å². The van der Waals surface area contributed by atoms with Gasteiger partial charge in [0.1, 0.15) is 17.2 Å². The fraction of sp³-hybridized carbons (Fsp3) is 0.321. The molecule has 1 saturated heterocycles. The van der Waals surface area contributed by atoms with Crippen LogP contribution in [0.1, 0.15) is 36.0 Å². The van der Waals surface area contributed by atoms with Gasteiger partial charge in [0.05, 0.1) is 12.7 Å². The van der Waals surface area contributed by atoms with Gasteiger partial charge in [-0.15, -0.1) is 0 Å². The van der Waals surface area contributed by atoms with E-state index >= 15 is 0 Å². The Morgan fingerprint density at radius 1 is 1.09 bits per heavy atom. The summed E-state index contributed by atoms with van der Waals surface area (Å²) in [5.41, 5.74) is 3.28. The number of phenolic OH excluding ortho intramolecular Hbond substituents is 1. The zero-order chi connectivity index (χ0) is 23.5. The van der Waals surface area contributed by atoms with E-state index in [0.29, 0.717) is 18.7 Å². The summed E-state index contributed by atoms with van der Waals surface area (Å²) in [4.78, 5) is 6.87.